The zero-order valence-corrected chi connectivity index (χ0v) is 5.84. The maximum absolute atomic E-state index is 8.39. The maximum Gasteiger partial charge on any atom is 0.0431 e. The Morgan fingerprint density at radius 1 is 1.22 bits per heavy atom. The minimum Gasteiger partial charge on any atom is -0.396 e. The van der Waals surface area contributed by atoms with Crippen molar-refractivity contribution in [3.8, 4) is 0 Å². The third kappa shape index (κ3) is 7.92. The average molecular weight is 130 g/mol. The topological polar surface area (TPSA) is 46.2 Å². The molecule has 0 saturated carbocycles. The third-order valence-corrected chi connectivity index (χ3v) is 1.23. The fourth-order valence-corrected chi connectivity index (χ4v) is 0.695. The van der Waals surface area contributed by atoms with E-state index in [1.165, 1.54) is 0 Å². The van der Waals surface area contributed by atoms with Crippen molar-refractivity contribution in [2.75, 3.05) is 13.2 Å². The van der Waals surface area contributed by atoms with Gasteiger partial charge in [0.15, 0.2) is 0 Å². The molecule has 9 heavy (non-hydrogen) atoms. The summed E-state index contributed by atoms with van der Waals surface area (Å²) in [6.45, 7) is 1.00. The van der Waals surface area contributed by atoms with Crippen LogP contribution in [0.5, 0.6) is 0 Å². The molecule has 2 nitrogen and oxygen atoms in total. The number of aliphatic hydroxyl groups excluding tert-OH is 1. The minimum absolute atomic E-state index is 0.322. The smallest absolute Gasteiger partial charge is 0.0431 e. The van der Waals surface area contributed by atoms with E-state index in [-0.39, 0.29) is 0 Å². The molecule has 1 radical (unpaired) electrons. The summed E-state index contributed by atoms with van der Waals surface area (Å²) in [5, 5.41) is 8.39. The quantitative estimate of drug-likeness (QED) is 0.520. The lowest BCUT2D eigenvalue weighted by Crippen LogP contribution is -1.98. The SMILES string of the molecule is NC[CH]CCCCCO. The molecule has 0 aliphatic heterocycles. The molecule has 3 N–H and O–H groups in total. The average Bonchev–Trinajstić information content (AvgIpc) is 1.89. The van der Waals surface area contributed by atoms with Gasteiger partial charge in [0.1, 0.15) is 0 Å². The van der Waals surface area contributed by atoms with Gasteiger partial charge in [-0.05, 0) is 25.8 Å². The number of nitrogens with two attached hydrogens (primary N) is 1. The van der Waals surface area contributed by atoms with E-state index in [0.29, 0.717) is 13.2 Å². The lowest BCUT2D eigenvalue weighted by atomic mass is 10.1. The van der Waals surface area contributed by atoms with Crippen LogP contribution >= 0.6 is 0 Å². The normalized spacial score (nSPS) is 10.0. The van der Waals surface area contributed by atoms with E-state index in [0.717, 1.165) is 25.7 Å². The van der Waals surface area contributed by atoms with Gasteiger partial charge in [0.25, 0.3) is 0 Å². The van der Waals surface area contributed by atoms with Crippen LogP contribution in [0.15, 0.2) is 0 Å². The molecule has 0 amide bonds. The molecule has 2 heteroatoms. The number of aliphatic hydroxyl groups is 1. The largest absolute Gasteiger partial charge is 0.396 e. The molecule has 55 valence electrons. The van der Waals surface area contributed by atoms with Crippen LogP contribution in [0.3, 0.4) is 0 Å². The van der Waals surface area contributed by atoms with Crippen molar-refractivity contribution < 1.29 is 5.11 Å². The molecule has 0 unspecified atom stereocenters. The Balaban J connectivity index is 2.60. The third-order valence-electron chi connectivity index (χ3n) is 1.23. The Hall–Kier alpha value is -0.0800. The summed E-state index contributed by atoms with van der Waals surface area (Å²) >= 11 is 0. The molecule has 0 aromatic rings. The van der Waals surface area contributed by atoms with E-state index in [1.54, 1.807) is 0 Å². The van der Waals surface area contributed by atoms with Gasteiger partial charge >= 0.3 is 0 Å². The molecule has 0 aliphatic rings. The van der Waals surface area contributed by atoms with Crippen molar-refractivity contribution in [1.29, 1.82) is 0 Å². The van der Waals surface area contributed by atoms with E-state index < -0.39 is 0 Å². The summed E-state index contributed by atoms with van der Waals surface area (Å²) in [5.41, 5.74) is 5.24. The molecular weight excluding hydrogens is 114 g/mol. The van der Waals surface area contributed by atoms with Gasteiger partial charge in [0.2, 0.25) is 0 Å². The van der Waals surface area contributed by atoms with Crippen LogP contribution in [0.4, 0.5) is 0 Å². The summed E-state index contributed by atoms with van der Waals surface area (Å²) in [5.74, 6) is 0. The first-order valence-electron chi connectivity index (χ1n) is 3.54. The second-order valence-electron chi connectivity index (χ2n) is 2.10. The number of hydrogen-bond donors (Lipinski definition) is 2. The Labute approximate surface area is 57.1 Å². The summed E-state index contributed by atoms with van der Waals surface area (Å²) in [4.78, 5) is 0. The van der Waals surface area contributed by atoms with Gasteiger partial charge in [0, 0.05) is 6.61 Å². The predicted octanol–water partition coefficient (Wildman–Crippen LogP) is 0.702. The zero-order valence-electron chi connectivity index (χ0n) is 5.84. The molecule has 0 rings (SSSR count). The molecule has 0 saturated heterocycles. The molecular formula is C7H16NO. The molecule has 0 aromatic heterocycles. The summed E-state index contributed by atoms with van der Waals surface area (Å²) in [6.07, 6.45) is 6.37. The van der Waals surface area contributed by atoms with Crippen LogP contribution in [0.2, 0.25) is 0 Å². The van der Waals surface area contributed by atoms with Crippen LogP contribution in [-0.2, 0) is 0 Å². The summed E-state index contributed by atoms with van der Waals surface area (Å²) < 4.78 is 0. The summed E-state index contributed by atoms with van der Waals surface area (Å²) in [7, 11) is 0. The molecule has 0 fully saturated rings. The highest BCUT2D eigenvalue weighted by molar-refractivity contribution is 4.63. The monoisotopic (exact) mass is 130 g/mol. The number of unbranched alkanes of at least 4 members (excludes halogenated alkanes) is 4. The molecule has 0 bridgehead atoms. The van der Waals surface area contributed by atoms with E-state index in [4.69, 9.17) is 10.8 Å². The van der Waals surface area contributed by atoms with Gasteiger partial charge < -0.3 is 10.8 Å². The van der Waals surface area contributed by atoms with Crippen LogP contribution < -0.4 is 5.73 Å². The van der Waals surface area contributed by atoms with Gasteiger partial charge in [-0.3, -0.25) is 0 Å². The fourth-order valence-electron chi connectivity index (χ4n) is 0.695. The molecule has 0 aromatic carbocycles. The maximum atomic E-state index is 8.39. The van der Waals surface area contributed by atoms with E-state index in [1.807, 2.05) is 0 Å². The molecule has 0 heterocycles. The zero-order chi connectivity index (χ0) is 6.95. The molecule has 0 spiro atoms. The van der Waals surface area contributed by atoms with Crippen molar-refractivity contribution in [2.45, 2.75) is 25.7 Å². The highest BCUT2D eigenvalue weighted by Gasteiger charge is 1.86. The van der Waals surface area contributed by atoms with Crippen molar-refractivity contribution >= 4 is 0 Å². The number of rotatable bonds is 6. The van der Waals surface area contributed by atoms with E-state index in [9.17, 15) is 0 Å². The van der Waals surface area contributed by atoms with Crippen molar-refractivity contribution in [1.82, 2.24) is 0 Å². The van der Waals surface area contributed by atoms with Crippen molar-refractivity contribution in [2.24, 2.45) is 5.73 Å². The highest BCUT2D eigenvalue weighted by Crippen LogP contribution is 1.99. The van der Waals surface area contributed by atoms with Gasteiger partial charge in [-0.15, -0.1) is 0 Å². The van der Waals surface area contributed by atoms with Gasteiger partial charge in [-0.25, -0.2) is 0 Å². The van der Waals surface area contributed by atoms with Gasteiger partial charge in [-0.2, -0.15) is 0 Å². The standard InChI is InChI=1S/C7H16NO/c8-6-4-2-1-3-5-7-9/h4,9H,1-3,5-8H2. The molecule has 0 aliphatic carbocycles. The first kappa shape index (κ1) is 8.92. The first-order valence-corrected chi connectivity index (χ1v) is 3.54. The first-order chi connectivity index (χ1) is 4.41. The van der Waals surface area contributed by atoms with Crippen LogP contribution in [0.1, 0.15) is 25.7 Å². The lowest BCUT2D eigenvalue weighted by Gasteiger charge is -1.95. The van der Waals surface area contributed by atoms with Crippen LogP contribution in [-0.4, -0.2) is 18.3 Å². The number of hydrogen-bond acceptors (Lipinski definition) is 2. The van der Waals surface area contributed by atoms with Crippen LogP contribution in [0.25, 0.3) is 0 Å². The van der Waals surface area contributed by atoms with Gasteiger partial charge in [-0.1, -0.05) is 12.8 Å². The predicted molar refractivity (Wildman–Crippen MR) is 38.9 cm³/mol. The minimum atomic E-state index is 0.322. The Bertz CT molecular complexity index is 42.2. The van der Waals surface area contributed by atoms with E-state index >= 15 is 0 Å². The van der Waals surface area contributed by atoms with Crippen LogP contribution in [0, 0.1) is 6.42 Å². The second kappa shape index (κ2) is 7.92. The van der Waals surface area contributed by atoms with Crippen molar-refractivity contribution in [3.05, 3.63) is 6.42 Å². The van der Waals surface area contributed by atoms with Crippen molar-refractivity contribution in [3.63, 3.8) is 0 Å². The Kier molecular flexibility index (Phi) is 7.85. The fraction of sp³-hybridized carbons (Fsp3) is 0.857. The lowest BCUT2D eigenvalue weighted by molar-refractivity contribution is 0.283. The van der Waals surface area contributed by atoms with E-state index in [2.05, 4.69) is 6.42 Å². The summed E-state index contributed by atoms with van der Waals surface area (Å²) in [6, 6.07) is 0. The second-order valence-corrected chi connectivity index (χ2v) is 2.10. The Morgan fingerprint density at radius 2 is 2.00 bits per heavy atom. The highest BCUT2D eigenvalue weighted by atomic mass is 16.2. The molecule has 0 atom stereocenters. The Morgan fingerprint density at radius 3 is 2.56 bits per heavy atom. The van der Waals surface area contributed by atoms with Gasteiger partial charge in [0.05, 0.1) is 0 Å².